The number of aryl methyl sites for hydroxylation is 1. The summed E-state index contributed by atoms with van der Waals surface area (Å²) < 4.78 is 28.1. The average Bonchev–Trinajstić information content (AvgIpc) is 2.98. The molecule has 1 aliphatic heterocycles. The summed E-state index contributed by atoms with van der Waals surface area (Å²) in [6, 6.07) is 14.8. The van der Waals surface area contributed by atoms with E-state index < -0.39 is 35.1 Å². The van der Waals surface area contributed by atoms with Gasteiger partial charge in [0.1, 0.15) is 17.4 Å². The molecule has 3 aromatic rings. The van der Waals surface area contributed by atoms with Gasteiger partial charge in [-0.2, -0.15) is 0 Å². The van der Waals surface area contributed by atoms with Gasteiger partial charge in [0.05, 0.1) is 17.3 Å². The van der Waals surface area contributed by atoms with Crippen LogP contribution in [0.4, 0.5) is 14.5 Å². The molecule has 1 N–H and O–H groups in total. The Labute approximate surface area is 182 Å². The maximum Gasteiger partial charge on any atom is 0.300 e. The van der Waals surface area contributed by atoms with Crippen molar-refractivity contribution in [2.75, 3.05) is 4.90 Å². The first kappa shape index (κ1) is 20.8. The molecule has 3 aromatic carbocycles. The van der Waals surface area contributed by atoms with Crippen LogP contribution in [0.5, 0.6) is 0 Å². The molecule has 0 bridgehead atoms. The van der Waals surface area contributed by atoms with Crippen molar-refractivity contribution in [2.45, 2.75) is 13.0 Å². The van der Waals surface area contributed by atoms with Crippen LogP contribution in [-0.4, -0.2) is 16.8 Å². The van der Waals surface area contributed by atoms with Crippen molar-refractivity contribution in [3.8, 4) is 0 Å². The fraction of sp³-hybridized carbons (Fsp3) is 0.0833. The number of Topliss-reactive ketones (excluding diaryl/α,β-unsaturated/α-hetero) is 1. The molecule has 31 heavy (non-hydrogen) atoms. The Bertz CT molecular complexity index is 1260. The normalized spacial score (nSPS) is 17.9. The Morgan fingerprint density at radius 1 is 1.00 bits per heavy atom. The largest absolute Gasteiger partial charge is 0.507 e. The monoisotopic (exact) mass is 439 g/mol. The zero-order valence-corrected chi connectivity index (χ0v) is 17.0. The van der Waals surface area contributed by atoms with Gasteiger partial charge in [-0.25, -0.2) is 8.78 Å². The highest BCUT2D eigenvalue weighted by atomic mass is 35.5. The summed E-state index contributed by atoms with van der Waals surface area (Å²) in [4.78, 5) is 26.9. The molecule has 1 amide bonds. The molecule has 0 saturated carbocycles. The maximum absolute atomic E-state index is 14.6. The molecule has 7 heteroatoms. The number of aliphatic hydroxyl groups is 1. The third-order valence-electron chi connectivity index (χ3n) is 5.07. The van der Waals surface area contributed by atoms with Gasteiger partial charge in [-0.15, -0.1) is 0 Å². The number of amides is 1. The lowest BCUT2D eigenvalue weighted by atomic mass is 9.94. The van der Waals surface area contributed by atoms with E-state index in [4.69, 9.17) is 11.6 Å². The van der Waals surface area contributed by atoms with Crippen LogP contribution in [-0.2, 0) is 9.59 Å². The van der Waals surface area contributed by atoms with Crippen molar-refractivity contribution >= 4 is 34.7 Å². The van der Waals surface area contributed by atoms with E-state index in [1.54, 1.807) is 36.4 Å². The van der Waals surface area contributed by atoms with Gasteiger partial charge >= 0.3 is 0 Å². The molecule has 1 unspecified atom stereocenters. The van der Waals surface area contributed by atoms with Crippen molar-refractivity contribution in [3.05, 3.63) is 106 Å². The van der Waals surface area contributed by atoms with Crippen LogP contribution >= 0.6 is 11.6 Å². The van der Waals surface area contributed by atoms with Crippen molar-refractivity contribution < 1.29 is 23.5 Å². The second kappa shape index (κ2) is 7.96. The van der Waals surface area contributed by atoms with E-state index in [1.807, 2.05) is 13.0 Å². The summed E-state index contributed by atoms with van der Waals surface area (Å²) in [5.74, 6) is -4.25. The predicted molar refractivity (Wildman–Crippen MR) is 114 cm³/mol. The van der Waals surface area contributed by atoms with Gasteiger partial charge in [0, 0.05) is 16.7 Å². The number of rotatable bonds is 3. The summed E-state index contributed by atoms with van der Waals surface area (Å²) in [6.45, 7) is 1.82. The molecule has 0 aliphatic carbocycles. The van der Waals surface area contributed by atoms with E-state index in [1.165, 1.54) is 6.07 Å². The first-order valence-corrected chi connectivity index (χ1v) is 9.74. The van der Waals surface area contributed by atoms with E-state index in [-0.39, 0.29) is 16.8 Å². The summed E-state index contributed by atoms with van der Waals surface area (Å²) in [5, 5.41) is 11.3. The summed E-state index contributed by atoms with van der Waals surface area (Å²) in [6.07, 6.45) is 0. The maximum atomic E-state index is 14.6. The number of hydrogen-bond acceptors (Lipinski definition) is 3. The van der Waals surface area contributed by atoms with E-state index in [9.17, 15) is 23.5 Å². The molecule has 1 saturated heterocycles. The van der Waals surface area contributed by atoms with Gasteiger partial charge in [-0.05, 0) is 36.8 Å². The van der Waals surface area contributed by atoms with Crippen LogP contribution in [0.2, 0.25) is 5.02 Å². The number of carbonyl (C=O) groups is 2. The molecule has 1 aliphatic rings. The molecule has 0 radical (unpaired) electrons. The topological polar surface area (TPSA) is 57.6 Å². The number of nitrogens with zero attached hydrogens (tertiary/aromatic N) is 1. The van der Waals surface area contributed by atoms with Gasteiger partial charge in [0.25, 0.3) is 11.7 Å². The Kier molecular flexibility index (Phi) is 5.33. The first-order valence-electron chi connectivity index (χ1n) is 9.36. The minimum absolute atomic E-state index is 0.207. The molecule has 4 rings (SSSR count). The zero-order chi connectivity index (χ0) is 22.3. The van der Waals surface area contributed by atoms with Gasteiger partial charge in [0.15, 0.2) is 0 Å². The molecular formula is C24H16ClF2NO3. The summed E-state index contributed by atoms with van der Waals surface area (Å²) in [7, 11) is 0. The number of halogens is 3. The van der Waals surface area contributed by atoms with Crippen LogP contribution in [0.25, 0.3) is 5.76 Å². The number of aliphatic hydroxyl groups excluding tert-OH is 1. The van der Waals surface area contributed by atoms with Crippen LogP contribution in [0.1, 0.15) is 22.7 Å². The zero-order valence-electron chi connectivity index (χ0n) is 16.3. The Morgan fingerprint density at radius 3 is 2.42 bits per heavy atom. The van der Waals surface area contributed by atoms with E-state index in [0.29, 0.717) is 16.7 Å². The van der Waals surface area contributed by atoms with Crippen molar-refractivity contribution in [2.24, 2.45) is 0 Å². The number of hydrogen-bond donors (Lipinski definition) is 1. The fourth-order valence-electron chi connectivity index (χ4n) is 3.70. The highest BCUT2D eigenvalue weighted by molar-refractivity contribution is 6.51. The molecule has 0 spiro atoms. The lowest BCUT2D eigenvalue weighted by Crippen LogP contribution is -2.30. The van der Waals surface area contributed by atoms with Crippen molar-refractivity contribution in [3.63, 3.8) is 0 Å². The third-order valence-corrected chi connectivity index (χ3v) is 5.30. The molecule has 156 valence electrons. The number of benzene rings is 3. The second-order valence-corrected chi connectivity index (χ2v) is 7.63. The van der Waals surface area contributed by atoms with Crippen LogP contribution < -0.4 is 4.90 Å². The molecule has 0 aromatic heterocycles. The Balaban J connectivity index is 1.99. The highest BCUT2D eigenvalue weighted by Gasteiger charge is 2.47. The summed E-state index contributed by atoms with van der Waals surface area (Å²) in [5.41, 5.74) is 1.10. The van der Waals surface area contributed by atoms with E-state index in [0.717, 1.165) is 22.6 Å². The predicted octanol–water partition coefficient (Wildman–Crippen LogP) is 5.55. The minimum Gasteiger partial charge on any atom is -0.507 e. The van der Waals surface area contributed by atoms with Crippen LogP contribution in [0.15, 0.2) is 72.3 Å². The van der Waals surface area contributed by atoms with Gasteiger partial charge in [-0.3, -0.25) is 14.5 Å². The lowest BCUT2D eigenvalue weighted by molar-refractivity contribution is -0.132. The standard InChI is InChI=1S/C24H16ClF2NO3/c1-13-4-2-5-14(10-13)21-20(22(29)15-6-3-7-16(25)11-15)23(30)24(31)28(21)19-9-8-17(26)12-18(19)27/h2-12,21,29H,1H3/b22-20+. The molecular weight excluding hydrogens is 424 g/mol. The van der Waals surface area contributed by atoms with Gasteiger partial charge < -0.3 is 5.11 Å². The fourth-order valence-corrected chi connectivity index (χ4v) is 3.89. The Morgan fingerprint density at radius 2 is 1.74 bits per heavy atom. The Hall–Kier alpha value is -3.51. The van der Waals surface area contributed by atoms with Crippen molar-refractivity contribution in [1.82, 2.24) is 0 Å². The lowest BCUT2D eigenvalue weighted by Gasteiger charge is -2.26. The number of anilines is 1. The number of carbonyl (C=O) groups excluding carboxylic acids is 2. The molecule has 1 fully saturated rings. The number of ketones is 1. The molecule has 1 heterocycles. The van der Waals surface area contributed by atoms with Crippen LogP contribution in [0, 0.1) is 18.6 Å². The van der Waals surface area contributed by atoms with Crippen LogP contribution in [0.3, 0.4) is 0 Å². The first-order chi connectivity index (χ1) is 14.8. The average molecular weight is 440 g/mol. The summed E-state index contributed by atoms with van der Waals surface area (Å²) >= 11 is 6.01. The quantitative estimate of drug-likeness (QED) is 0.330. The van der Waals surface area contributed by atoms with E-state index in [2.05, 4.69) is 0 Å². The second-order valence-electron chi connectivity index (χ2n) is 7.19. The SMILES string of the molecule is Cc1cccc(C2/C(=C(\O)c3cccc(Cl)c3)C(=O)C(=O)N2c2ccc(F)cc2F)c1. The molecule has 1 atom stereocenters. The van der Waals surface area contributed by atoms with Gasteiger partial charge in [0.2, 0.25) is 0 Å². The van der Waals surface area contributed by atoms with Gasteiger partial charge in [-0.1, -0.05) is 53.6 Å². The van der Waals surface area contributed by atoms with E-state index >= 15 is 0 Å². The molecule has 4 nitrogen and oxygen atoms in total. The minimum atomic E-state index is -1.11. The van der Waals surface area contributed by atoms with Crippen molar-refractivity contribution in [1.29, 1.82) is 0 Å². The highest BCUT2D eigenvalue weighted by Crippen LogP contribution is 2.43. The smallest absolute Gasteiger partial charge is 0.300 e. The third kappa shape index (κ3) is 3.70.